The van der Waals surface area contributed by atoms with Gasteiger partial charge in [-0.1, -0.05) is 19.8 Å². The van der Waals surface area contributed by atoms with Crippen LogP contribution in [0.4, 0.5) is 4.79 Å². The minimum Gasteiger partial charge on any atom is -0.444 e. The molecule has 8 nitrogen and oxygen atoms in total. The van der Waals surface area contributed by atoms with Crippen molar-refractivity contribution in [1.29, 1.82) is 0 Å². The zero-order valence-corrected chi connectivity index (χ0v) is 19.4. The maximum Gasteiger partial charge on any atom is 0.407 e. The highest BCUT2D eigenvalue weighted by Crippen LogP contribution is 2.07. The lowest BCUT2D eigenvalue weighted by atomic mass is 10.1. The second kappa shape index (κ2) is 13.6. The number of alkyl carbamates (subject to hydrolysis) is 1. The van der Waals surface area contributed by atoms with Gasteiger partial charge in [-0.2, -0.15) is 5.10 Å². The number of nitrogens with zero attached hydrogens (tertiary/aromatic N) is 3. The van der Waals surface area contributed by atoms with E-state index in [4.69, 9.17) is 4.74 Å². The number of carbonyl (C=O) groups excluding carboxylic acids is 1. The number of ether oxygens (including phenoxy) is 1. The zero-order valence-electron chi connectivity index (χ0n) is 17.1. The molecule has 0 saturated heterocycles. The average Bonchev–Trinajstić information content (AvgIpc) is 3.07. The number of hydrogen-bond acceptors (Lipinski definition) is 4. The van der Waals surface area contributed by atoms with Crippen LogP contribution in [0.5, 0.6) is 0 Å². The normalized spacial score (nSPS) is 12.7. The molecule has 0 fully saturated rings. The predicted molar refractivity (Wildman–Crippen MR) is 120 cm³/mol. The Balaban J connectivity index is 0.00000676. The third-order valence-electron chi connectivity index (χ3n) is 3.55. The lowest BCUT2D eigenvalue weighted by Gasteiger charge is -2.24. The molecule has 0 aliphatic heterocycles. The molecule has 3 N–H and O–H groups in total. The summed E-state index contributed by atoms with van der Waals surface area (Å²) < 4.78 is 7.16. The second-order valence-electron chi connectivity index (χ2n) is 7.13. The molecule has 0 bridgehead atoms. The summed E-state index contributed by atoms with van der Waals surface area (Å²) in [5.74, 6) is 0.712. The highest BCUT2D eigenvalue weighted by Gasteiger charge is 2.18. The van der Waals surface area contributed by atoms with E-state index in [9.17, 15) is 4.79 Å². The van der Waals surface area contributed by atoms with Crippen LogP contribution in [0.25, 0.3) is 0 Å². The van der Waals surface area contributed by atoms with E-state index in [-0.39, 0.29) is 30.0 Å². The molecule has 0 aliphatic rings. The van der Waals surface area contributed by atoms with Gasteiger partial charge >= 0.3 is 6.09 Å². The van der Waals surface area contributed by atoms with Crippen molar-refractivity contribution >= 4 is 36.0 Å². The van der Waals surface area contributed by atoms with Gasteiger partial charge in [0.1, 0.15) is 5.60 Å². The summed E-state index contributed by atoms with van der Waals surface area (Å²) in [6.07, 6.45) is 6.38. The second-order valence-corrected chi connectivity index (χ2v) is 7.13. The number of nitrogens with one attached hydrogen (secondary N) is 3. The lowest BCUT2D eigenvalue weighted by Crippen LogP contribution is -2.49. The smallest absolute Gasteiger partial charge is 0.407 e. The molecule has 1 atom stereocenters. The van der Waals surface area contributed by atoms with Gasteiger partial charge in [-0.15, -0.1) is 24.0 Å². The average molecular weight is 494 g/mol. The number of carbonyl (C=O) groups is 1. The van der Waals surface area contributed by atoms with Crippen molar-refractivity contribution < 1.29 is 9.53 Å². The molecular formula is C18H35IN6O2. The number of unbranched alkanes of at least 4 members (excludes halogenated alkanes) is 1. The van der Waals surface area contributed by atoms with Gasteiger partial charge in [0.25, 0.3) is 0 Å². The molecule has 1 heterocycles. The molecular weight excluding hydrogens is 459 g/mol. The van der Waals surface area contributed by atoms with Crippen molar-refractivity contribution in [3.8, 4) is 0 Å². The van der Waals surface area contributed by atoms with Gasteiger partial charge in [0.05, 0.1) is 6.54 Å². The van der Waals surface area contributed by atoms with Crippen molar-refractivity contribution in [1.82, 2.24) is 25.7 Å². The fourth-order valence-corrected chi connectivity index (χ4v) is 2.31. The maximum atomic E-state index is 11.9. The Morgan fingerprint density at radius 1 is 1.33 bits per heavy atom. The highest BCUT2D eigenvalue weighted by molar-refractivity contribution is 14.0. The molecule has 1 unspecified atom stereocenters. The summed E-state index contributed by atoms with van der Waals surface area (Å²) in [4.78, 5) is 16.1. The van der Waals surface area contributed by atoms with Crippen LogP contribution in [0.1, 0.15) is 47.0 Å². The topological polar surface area (TPSA) is 92.6 Å². The van der Waals surface area contributed by atoms with Crippen LogP contribution in [0.15, 0.2) is 23.5 Å². The molecule has 27 heavy (non-hydrogen) atoms. The quantitative estimate of drug-likeness (QED) is 0.279. The lowest BCUT2D eigenvalue weighted by molar-refractivity contribution is 0.0523. The van der Waals surface area contributed by atoms with E-state index in [2.05, 4.69) is 33.0 Å². The van der Waals surface area contributed by atoms with Crippen molar-refractivity contribution in [2.75, 3.05) is 20.1 Å². The van der Waals surface area contributed by atoms with Gasteiger partial charge in [0.2, 0.25) is 0 Å². The summed E-state index contributed by atoms with van der Waals surface area (Å²) in [7, 11) is 1.74. The van der Waals surface area contributed by atoms with Gasteiger partial charge in [-0.05, 0) is 33.3 Å². The number of aliphatic imine (C=N–C) groups is 1. The first-order valence-electron chi connectivity index (χ1n) is 9.25. The molecule has 1 aromatic rings. The number of halogens is 1. The van der Waals surface area contributed by atoms with Crippen LogP contribution < -0.4 is 16.0 Å². The first-order valence-corrected chi connectivity index (χ1v) is 9.25. The summed E-state index contributed by atoms with van der Waals surface area (Å²) in [6.45, 7) is 9.65. The number of guanidine groups is 1. The Morgan fingerprint density at radius 2 is 2.07 bits per heavy atom. The van der Waals surface area contributed by atoms with Crippen LogP contribution in [0.2, 0.25) is 0 Å². The maximum absolute atomic E-state index is 11.9. The van der Waals surface area contributed by atoms with Gasteiger partial charge in [0.15, 0.2) is 5.96 Å². The Labute approximate surface area is 179 Å². The third-order valence-corrected chi connectivity index (χ3v) is 3.55. The molecule has 1 amide bonds. The van der Waals surface area contributed by atoms with Crippen molar-refractivity contribution in [3.63, 3.8) is 0 Å². The fourth-order valence-electron chi connectivity index (χ4n) is 2.31. The summed E-state index contributed by atoms with van der Waals surface area (Å²) >= 11 is 0. The molecule has 1 aromatic heterocycles. The zero-order chi connectivity index (χ0) is 19.4. The minimum atomic E-state index is -0.499. The Morgan fingerprint density at radius 3 is 2.63 bits per heavy atom. The van der Waals surface area contributed by atoms with E-state index in [0.717, 1.165) is 25.8 Å². The van der Waals surface area contributed by atoms with E-state index in [1.54, 1.807) is 13.2 Å². The van der Waals surface area contributed by atoms with E-state index in [1.165, 1.54) is 0 Å². The van der Waals surface area contributed by atoms with Crippen LogP contribution in [0.3, 0.4) is 0 Å². The molecule has 0 saturated carbocycles. The van der Waals surface area contributed by atoms with Crippen molar-refractivity contribution in [2.24, 2.45) is 4.99 Å². The number of hydrogen-bond donors (Lipinski definition) is 3. The Hall–Kier alpha value is -1.52. The SMILES string of the molecule is CCCCC(CNC(=O)OC(C)(C)C)NC(=NC)NCCn1cccn1.I. The summed E-state index contributed by atoms with van der Waals surface area (Å²) in [6, 6.07) is 1.98. The fraction of sp³-hybridized carbons (Fsp3) is 0.722. The molecule has 0 radical (unpaired) electrons. The first kappa shape index (κ1) is 25.5. The van der Waals surface area contributed by atoms with Gasteiger partial charge < -0.3 is 20.7 Å². The number of amides is 1. The van der Waals surface area contributed by atoms with Crippen molar-refractivity contribution in [3.05, 3.63) is 18.5 Å². The molecule has 156 valence electrons. The van der Waals surface area contributed by atoms with Crippen LogP contribution >= 0.6 is 24.0 Å². The van der Waals surface area contributed by atoms with E-state index < -0.39 is 11.7 Å². The molecule has 0 aliphatic carbocycles. The molecule has 9 heteroatoms. The molecule has 0 spiro atoms. The standard InChI is InChI=1S/C18H34N6O2.HI/c1-6-7-9-15(14-21-17(25)26-18(2,3)4)23-16(19-5)20-11-13-24-12-8-10-22-24;/h8,10,12,15H,6-7,9,11,13-14H2,1-5H3,(H,21,25)(H2,19,20,23);1H. The Bertz CT molecular complexity index is 543. The Kier molecular flexibility index (Phi) is 12.9. The molecule has 1 rings (SSSR count). The van der Waals surface area contributed by atoms with Crippen LogP contribution in [0, 0.1) is 0 Å². The monoisotopic (exact) mass is 494 g/mol. The third kappa shape index (κ3) is 12.5. The summed E-state index contributed by atoms with van der Waals surface area (Å²) in [5, 5.41) is 13.7. The van der Waals surface area contributed by atoms with Gasteiger partial charge in [0, 0.05) is 38.6 Å². The number of rotatable bonds is 9. The minimum absolute atomic E-state index is 0. The first-order chi connectivity index (χ1) is 12.3. The van der Waals surface area contributed by atoms with Crippen LogP contribution in [-0.2, 0) is 11.3 Å². The van der Waals surface area contributed by atoms with Crippen molar-refractivity contribution in [2.45, 2.75) is 65.1 Å². The summed E-state index contributed by atoms with van der Waals surface area (Å²) in [5.41, 5.74) is -0.499. The largest absolute Gasteiger partial charge is 0.444 e. The van der Waals surface area contributed by atoms with Crippen LogP contribution in [-0.4, -0.2) is 53.6 Å². The predicted octanol–water partition coefficient (Wildman–Crippen LogP) is 2.75. The van der Waals surface area contributed by atoms with E-state index in [1.807, 2.05) is 37.7 Å². The molecule has 0 aromatic carbocycles. The van der Waals surface area contributed by atoms with E-state index >= 15 is 0 Å². The van der Waals surface area contributed by atoms with Gasteiger partial charge in [-0.3, -0.25) is 9.67 Å². The number of aromatic nitrogens is 2. The highest BCUT2D eigenvalue weighted by atomic mass is 127. The van der Waals surface area contributed by atoms with E-state index in [0.29, 0.717) is 19.0 Å². The van der Waals surface area contributed by atoms with Gasteiger partial charge in [-0.25, -0.2) is 4.79 Å².